The van der Waals surface area contributed by atoms with E-state index in [0.29, 0.717) is 10.0 Å². The number of hydrogen-bond donors (Lipinski definition) is 2. The molecule has 24 heavy (non-hydrogen) atoms. The van der Waals surface area contributed by atoms with Crippen molar-refractivity contribution in [1.82, 2.24) is 5.43 Å². The maximum atomic E-state index is 13.2. The maximum absolute atomic E-state index is 13.2. The first kappa shape index (κ1) is 16.5. The van der Waals surface area contributed by atoms with Crippen molar-refractivity contribution in [3.05, 3.63) is 62.8 Å². The van der Waals surface area contributed by atoms with Crippen molar-refractivity contribution in [3.63, 3.8) is 0 Å². The van der Waals surface area contributed by atoms with Gasteiger partial charge in [-0.3, -0.25) is 15.0 Å². The lowest BCUT2D eigenvalue weighted by Crippen LogP contribution is -2.35. The number of hydrazine groups is 1. The van der Waals surface area contributed by atoms with E-state index in [0.717, 1.165) is 11.1 Å². The second kappa shape index (κ2) is 6.26. The molecule has 1 heterocycles. The van der Waals surface area contributed by atoms with Crippen LogP contribution < -0.4 is 10.4 Å². The highest BCUT2D eigenvalue weighted by molar-refractivity contribution is 9.10. The molecule has 1 aliphatic rings. The number of anilines is 1. The molecule has 2 N–H and O–H groups in total. The number of nitrogens with one attached hydrogen (secondary N) is 1. The molecule has 5 nitrogen and oxygen atoms in total. The van der Waals surface area contributed by atoms with Crippen molar-refractivity contribution in [3.8, 4) is 5.75 Å². The van der Waals surface area contributed by atoms with Crippen molar-refractivity contribution in [2.45, 2.75) is 0 Å². The Kier molecular flexibility index (Phi) is 4.29. The van der Waals surface area contributed by atoms with Crippen LogP contribution >= 0.6 is 27.5 Å². The van der Waals surface area contributed by atoms with Crippen LogP contribution in [0.3, 0.4) is 0 Å². The van der Waals surface area contributed by atoms with Crippen molar-refractivity contribution < 1.29 is 19.1 Å². The van der Waals surface area contributed by atoms with Crippen LogP contribution in [0.5, 0.6) is 5.75 Å². The quantitative estimate of drug-likeness (QED) is 0.588. The molecule has 1 saturated heterocycles. The number of carbonyl (C=O) groups is 2. The number of amides is 2. The minimum atomic E-state index is -0.627. The molecule has 1 fully saturated rings. The fourth-order valence-corrected chi connectivity index (χ4v) is 2.70. The lowest BCUT2D eigenvalue weighted by Gasteiger charge is -2.14. The predicted molar refractivity (Wildman–Crippen MR) is 90.8 cm³/mol. The molecule has 0 spiro atoms. The van der Waals surface area contributed by atoms with Crippen molar-refractivity contribution >= 4 is 51.1 Å². The second-order valence-electron chi connectivity index (χ2n) is 4.94. The van der Waals surface area contributed by atoms with Crippen molar-refractivity contribution in [1.29, 1.82) is 0 Å². The number of hydrogen-bond acceptors (Lipinski definition) is 3. The molecule has 3 rings (SSSR count). The Morgan fingerprint density at radius 2 is 1.96 bits per heavy atom. The molecule has 2 amide bonds. The fourth-order valence-electron chi connectivity index (χ4n) is 2.16. The smallest absolute Gasteiger partial charge is 0.282 e. The molecule has 122 valence electrons. The Labute approximate surface area is 149 Å². The Morgan fingerprint density at radius 1 is 1.21 bits per heavy atom. The molecular formula is C16H9BrClFN2O3. The summed E-state index contributed by atoms with van der Waals surface area (Å²) < 4.78 is 13.9. The van der Waals surface area contributed by atoms with Crippen LogP contribution in [-0.4, -0.2) is 16.9 Å². The predicted octanol–water partition coefficient (Wildman–Crippen LogP) is 3.41. The largest absolute Gasteiger partial charge is 0.508 e. The van der Waals surface area contributed by atoms with E-state index in [1.54, 1.807) is 6.07 Å². The summed E-state index contributed by atoms with van der Waals surface area (Å²) in [6.45, 7) is 0. The molecule has 8 heteroatoms. The summed E-state index contributed by atoms with van der Waals surface area (Å²) in [6.07, 6.45) is 1.35. The number of aromatic hydroxyl groups is 1. The monoisotopic (exact) mass is 410 g/mol. The number of nitrogens with zero attached hydrogens (tertiary/aromatic N) is 1. The first-order valence-corrected chi connectivity index (χ1v) is 7.84. The minimum Gasteiger partial charge on any atom is -0.508 e. The fraction of sp³-hybridized carbons (Fsp3) is 0. The lowest BCUT2D eigenvalue weighted by atomic mass is 10.1. The Bertz CT molecular complexity index is 901. The van der Waals surface area contributed by atoms with E-state index in [9.17, 15) is 19.1 Å². The van der Waals surface area contributed by atoms with Crippen LogP contribution in [-0.2, 0) is 9.59 Å². The molecule has 1 aliphatic heterocycles. The Balaban J connectivity index is 1.98. The van der Waals surface area contributed by atoms with Gasteiger partial charge in [0.1, 0.15) is 17.1 Å². The van der Waals surface area contributed by atoms with E-state index in [-0.39, 0.29) is 22.0 Å². The SMILES string of the molecule is O=C1NN(c2ccc(F)c(Cl)c2)C(=O)C1=Cc1cc(O)ccc1Br. The maximum Gasteiger partial charge on any atom is 0.282 e. The molecule has 2 aromatic carbocycles. The number of phenolic OH excluding ortho intramolecular Hbond substituents is 1. The normalized spacial score (nSPS) is 16.0. The molecule has 0 bridgehead atoms. The number of phenols is 1. The van der Waals surface area contributed by atoms with Crippen molar-refractivity contribution in [2.24, 2.45) is 0 Å². The van der Waals surface area contributed by atoms with Crippen LogP contribution in [0.4, 0.5) is 10.1 Å². The van der Waals surface area contributed by atoms with Gasteiger partial charge >= 0.3 is 0 Å². The van der Waals surface area contributed by atoms with Gasteiger partial charge in [-0.1, -0.05) is 27.5 Å². The van der Waals surface area contributed by atoms with Gasteiger partial charge in [0, 0.05) is 4.47 Å². The van der Waals surface area contributed by atoms with Crippen LogP contribution in [0.15, 0.2) is 46.4 Å². The first-order chi connectivity index (χ1) is 11.4. The topological polar surface area (TPSA) is 69.6 Å². The van der Waals surface area contributed by atoms with Crippen molar-refractivity contribution in [2.75, 3.05) is 5.01 Å². The summed E-state index contributed by atoms with van der Waals surface area (Å²) >= 11 is 8.99. The molecule has 0 unspecified atom stereocenters. The zero-order valence-electron chi connectivity index (χ0n) is 11.9. The highest BCUT2D eigenvalue weighted by Gasteiger charge is 2.34. The first-order valence-electron chi connectivity index (χ1n) is 6.67. The Morgan fingerprint density at radius 3 is 2.67 bits per heavy atom. The van der Waals surface area contributed by atoms with E-state index in [4.69, 9.17) is 11.6 Å². The van der Waals surface area contributed by atoms with Gasteiger partial charge in [0.05, 0.1) is 10.7 Å². The zero-order chi connectivity index (χ0) is 17.4. The third-order valence-corrected chi connectivity index (χ3v) is 4.34. The van der Waals surface area contributed by atoms with Crippen LogP contribution in [0.1, 0.15) is 5.56 Å². The number of halogens is 3. The molecule has 2 aromatic rings. The van der Waals surface area contributed by atoms with Gasteiger partial charge in [0.15, 0.2) is 0 Å². The van der Waals surface area contributed by atoms with Gasteiger partial charge in [0.25, 0.3) is 11.8 Å². The lowest BCUT2D eigenvalue weighted by molar-refractivity contribution is -0.117. The minimum absolute atomic E-state index is 0.00178. The van der Waals surface area contributed by atoms with Gasteiger partial charge in [-0.05, 0) is 48.0 Å². The van der Waals surface area contributed by atoms with E-state index in [1.807, 2.05) is 0 Å². The number of carbonyl (C=O) groups excluding carboxylic acids is 2. The van der Waals surface area contributed by atoms with E-state index >= 15 is 0 Å². The summed E-state index contributed by atoms with van der Waals surface area (Å²) in [6, 6.07) is 8.14. The highest BCUT2D eigenvalue weighted by Crippen LogP contribution is 2.28. The molecular weight excluding hydrogens is 403 g/mol. The van der Waals surface area contributed by atoms with Crippen LogP contribution in [0, 0.1) is 5.82 Å². The average Bonchev–Trinajstić information content (AvgIpc) is 2.81. The van der Waals surface area contributed by atoms with E-state index in [2.05, 4.69) is 21.4 Å². The Hall–Kier alpha value is -2.38. The standard InChI is InChI=1S/C16H9BrClFN2O3/c17-12-3-2-10(22)5-8(12)6-11-15(23)20-21(16(11)24)9-1-4-14(19)13(18)7-9/h1-7,22H,(H,20,23). The molecule has 0 atom stereocenters. The van der Waals surface area contributed by atoms with Gasteiger partial charge in [0.2, 0.25) is 0 Å². The summed E-state index contributed by atoms with van der Waals surface area (Å²) in [5, 5.41) is 10.4. The number of rotatable bonds is 2. The molecule has 0 saturated carbocycles. The summed E-state index contributed by atoms with van der Waals surface area (Å²) in [5.74, 6) is -1.86. The van der Waals surface area contributed by atoms with Crippen LogP contribution in [0.2, 0.25) is 5.02 Å². The summed E-state index contributed by atoms with van der Waals surface area (Å²) in [4.78, 5) is 24.6. The van der Waals surface area contributed by atoms with Gasteiger partial charge in [-0.15, -0.1) is 0 Å². The highest BCUT2D eigenvalue weighted by atomic mass is 79.9. The average molecular weight is 412 g/mol. The molecule has 0 aliphatic carbocycles. The van der Waals surface area contributed by atoms with Gasteiger partial charge < -0.3 is 5.11 Å². The zero-order valence-corrected chi connectivity index (χ0v) is 14.2. The molecule has 0 aromatic heterocycles. The number of benzene rings is 2. The third kappa shape index (κ3) is 3.00. The third-order valence-electron chi connectivity index (χ3n) is 3.33. The van der Waals surface area contributed by atoms with Gasteiger partial charge in [-0.25, -0.2) is 9.40 Å². The second-order valence-corrected chi connectivity index (χ2v) is 6.21. The van der Waals surface area contributed by atoms with E-state index in [1.165, 1.54) is 30.3 Å². The summed E-state index contributed by atoms with van der Waals surface area (Å²) in [5.41, 5.74) is 2.96. The van der Waals surface area contributed by atoms with Crippen LogP contribution in [0.25, 0.3) is 6.08 Å². The molecule has 0 radical (unpaired) electrons. The van der Waals surface area contributed by atoms with Gasteiger partial charge in [-0.2, -0.15) is 0 Å². The summed E-state index contributed by atoms with van der Waals surface area (Å²) in [7, 11) is 0. The van der Waals surface area contributed by atoms with E-state index < -0.39 is 17.6 Å².